The third-order valence-corrected chi connectivity index (χ3v) is 3.01. The van der Waals surface area contributed by atoms with Gasteiger partial charge in [-0.15, -0.1) is 0 Å². The molecule has 10 nitrogen and oxygen atoms in total. The number of methoxy groups -OCH3 is 2. The molecule has 1 aromatic carbocycles. The highest BCUT2D eigenvalue weighted by Crippen LogP contribution is 2.27. The summed E-state index contributed by atoms with van der Waals surface area (Å²) in [6, 6.07) is 5.44. The first-order valence-corrected chi connectivity index (χ1v) is 10.1. The molecule has 0 atom stereocenters. The summed E-state index contributed by atoms with van der Waals surface area (Å²) in [4.78, 5) is 15.6. The van der Waals surface area contributed by atoms with Crippen molar-refractivity contribution >= 4 is 28.1 Å². The van der Waals surface area contributed by atoms with Gasteiger partial charge in [-0.25, -0.2) is 0 Å². The summed E-state index contributed by atoms with van der Waals surface area (Å²) in [5.41, 5.74) is 11.3. The molecular weight excluding hydrogens is 388 g/mol. The van der Waals surface area contributed by atoms with Gasteiger partial charge in [-0.1, -0.05) is 6.07 Å². The number of ether oxygens (including phenoxy) is 2. The number of nitrogens with two attached hydrogens (primary N) is 2. The van der Waals surface area contributed by atoms with Gasteiger partial charge in [0, 0.05) is 19.2 Å². The number of benzene rings is 1. The maximum atomic E-state index is 11.7. The molecule has 0 saturated carbocycles. The van der Waals surface area contributed by atoms with Crippen molar-refractivity contribution in [3.05, 3.63) is 29.8 Å². The van der Waals surface area contributed by atoms with E-state index in [1.54, 1.807) is 32.4 Å². The van der Waals surface area contributed by atoms with Crippen molar-refractivity contribution in [1.29, 1.82) is 0 Å². The van der Waals surface area contributed by atoms with E-state index in [1.165, 1.54) is 6.08 Å². The predicted octanol–water partition coefficient (Wildman–Crippen LogP) is 0.391. The zero-order chi connectivity index (χ0) is 21.6. The summed E-state index contributed by atoms with van der Waals surface area (Å²) in [5.74, 6) is 1.21. The van der Waals surface area contributed by atoms with E-state index in [2.05, 4.69) is 10.3 Å². The summed E-state index contributed by atoms with van der Waals surface area (Å²) in [7, 11) is -0.519. The number of guanidine groups is 1. The Balaban J connectivity index is 0.00000129. The minimum atomic E-state index is -3.67. The number of rotatable bonds is 9. The first kappa shape index (κ1) is 25.2. The molecule has 0 bridgehead atoms. The van der Waals surface area contributed by atoms with Crippen LogP contribution in [0.25, 0.3) is 6.08 Å². The fraction of sp³-hybridized carbons (Fsp3) is 0.412. The van der Waals surface area contributed by atoms with Crippen molar-refractivity contribution in [3.63, 3.8) is 0 Å². The van der Waals surface area contributed by atoms with Crippen LogP contribution in [0.15, 0.2) is 29.3 Å². The van der Waals surface area contributed by atoms with Crippen LogP contribution < -0.4 is 26.3 Å². The Morgan fingerprint density at radius 3 is 2.36 bits per heavy atom. The van der Waals surface area contributed by atoms with Crippen LogP contribution in [-0.2, 0) is 14.9 Å². The Bertz CT molecular complexity index is 766. The van der Waals surface area contributed by atoms with Gasteiger partial charge in [-0.3, -0.25) is 14.3 Å². The topological polar surface area (TPSA) is 166 Å². The molecule has 0 aliphatic carbocycles. The van der Waals surface area contributed by atoms with Crippen LogP contribution in [0.2, 0.25) is 0 Å². The number of hydrogen-bond acceptors (Lipinski definition) is 6. The zero-order valence-corrected chi connectivity index (χ0v) is 17.0. The van der Waals surface area contributed by atoms with Gasteiger partial charge in [0.1, 0.15) is 0 Å². The highest BCUT2D eigenvalue weighted by molar-refractivity contribution is 7.85. The van der Waals surface area contributed by atoms with Gasteiger partial charge < -0.3 is 26.3 Å². The summed E-state index contributed by atoms with van der Waals surface area (Å²) in [6.45, 7) is 1.15. The second-order valence-electron chi connectivity index (χ2n) is 5.49. The number of carbonyl (C=O) groups excluding carboxylic acids is 1. The number of aliphatic imine (C=N–C) groups is 1. The number of carbonyl (C=O) groups is 1. The fourth-order valence-corrected chi connectivity index (χ4v) is 1.84. The number of nitrogens with one attached hydrogen (secondary N) is 1. The SMILES string of the molecule is COc1ccc(/C=C/C(=O)NCCCCN=C(N)N)cc1OC.CS(=O)(=O)O. The Kier molecular flexibility index (Phi) is 12.1. The van der Waals surface area contributed by atoms with Crippen molar-refractivity contribution in [3.8, 4) is 11.5 Å². The molecular formula is C17H28N4O6S. The molecule has 0 aliphatic rings. The molecule has 1 amide bonds. The highest BCUT2D eigenvalue weighted by atomic mass is 32.2. The van der Waals surface area contributed by atoms with E-state index >= 15 is 0 Å². The van der Waals surface area contributed by atoms with Crippen LogP contribution in [0.1, 0.15) is 18.4 Å². The van der Waals surface area contributed by atoms with E-state index in [4.69, 9.17) is 25.5 Å². The molecule has 0 spiro atoms. The maximum Gasteiger partial charge on any atom is 0.261 e. The number of nitrogens with zero attached hydrogens (tertiary/aromatic N) is 1. The van der Waals surface area contributed by atoms with Crippen molar-refractivity contribution in [2.45, 2.75) is 12.8 Å². The standard InChI is InChI=1S/C16H24N4O3.CH4O3S/c1-22-13-7-5-12(11-14(13)23-2)6-8-15(21)19-9-3-4-10-20-16(17)18;1-5(2,3)4/h5-8,11H,3-4,9-10H2,1-2H3,(H,19,21)(H4,17,18,20);1H3,(H,2,3,4)/b8-6+;. The molecule has 1 rings (SSSR count). The molecule has 0 radical (unpaired) electrons. The lowest BCUT2D eigenvalue weighted by molar-refractivity contribution is -0.116. The van der Waals surface area contributed by atoms with E-state index in [1.807, 2.05) is 6.07 Å². The van der Waals surface area contributed by atoms with Crippen molar-refractivity contribution in [1.82, 2.24) is 5.32 Å². The van der Waals surface area contributed by atoms with Crippen LogP contribution in [0, 0.1) is 0 Å². The lowest BCUT2D eigenvalue weighted by atomic mass is 10.2. The molecule has 0 heterocycles. The molecule has 0 unspecified atom stereocenters. The maximum absolute atomic E-state index is 11.7. The van der Waals surface area contributed by atoms with E-state index in [0.29, 0.717) is 30.8 Å². The average Bonchev–Trinajstić information content (AvgIpc) is 2.60. The second kappa shape index (κ2) is 13.4. The first-order chi connectivity index (χ1) is 13.1. The van der Waals surface area contributed by atoms with Gasteiger partial charge >= 0.3 is 0 Å². The Morgan fingerprint density at radius 1 is 1.21 bits per heavy atom. The van der Waals surface area contributed by atoms with Gasteiger partial charge in [0.25, 0.3) is 10.1 Å². The average molecular weight is 417 g/mol. The molecule has 0 saturated heterocycles. The summed E-state index contributed by atoms with van der Waals surface area (Å²) in [6.07, 6.45) is 5.55. The van der Waals surface area contributed by atoms with E-state index in [9.17, 15) is 13.2 Å². The normalized spacial score (nSPS) is 10.6. The third-order valence-electron chi connectivity index (χ3n) is 3.01. The van der Waals surface area contributed by atoms with Crippen molar-refractivity contribution < 1.29 is 27.2 Å². The van der Waals surface area contributed by atoms with Crippen LogP contribution >= 0.6 is 0 Å². The minimum absolute atomic E-state index is 0.0897. The smallest absolute Gasteiger partial charge is 0.261 e. The molecule has 1 aromatic rings. The van der Waals surface area contributed by atoms with Gasteiger partial charge in [0.05, 0.1) is 20.5 Å². The molecule has 6 N–H and O–H groups in total. The number of amides is 1. The predicted molar refractivity (Wildman–Crippen MR) is 109 cm³/mol. The summed E-state index contributed by atoms with van der Waals surface area (Å²) in [5, 5.41) is 2.80. The monoisotopic (exact) mass is 416 g/mol. The number of unbranched alkanes of at least 4 members (excludes halogenated alkanes) is 1. The highest BCUT2D eigenvalue weighted by Gasteiger charge is 2.03. The Hall–Kier alpha value is -2.79. The van der Waals surface area contributed by atoms with Crippen LogP contribution in [0.3, 0.4) is 0 Å². The fourth-order valence-electron chi connectivity index (χ4n) is 1.84. The lowest BCUT2D eigenvalue weighted by Gasteiger charge is -2.07. The zero-order valence-electron chi connectivity index (χ0n) is 16.2. The Morgan fingerprint density at radius 2 is 1.82 bits per heavy atom. The molecule has 11 heteroatoms. The van der Waals surface area contributed by atoms with Gasteiger partial charge in [0.2, 0.25) is 5.91 Å². The summed E-state index contributed by atoms with van der Waals surface area (Å²) < 4.78 is 36.2. The van der Waals surface area contributed by atoms with Gasteiger partial charge in [-0.2, -0.15) is 8.42 Å². The molecule has 158 valence electrons. The third kappa shape index (κ3) is 14.4. The quantitative estimate of drug-likeness (QED) is 0.147. The second-order valence-corrected chi connectivity index (χ2v) is 6.95. The van der Waals surface area contributed by atoms with Gasteiger partial charge in [0.15, 0.2) is 17.5 Å². The van der Waals surface area contributed by atoms with Crippen molar-refractivity contribution in [2.24, 2.45) is 16.5 Å². The molecule has 28 heavy (non-hydrogen) atoms. The first-order valence-electron chi connectivity index (χ1n) is 8.22. The van der Waals surface area contributed by atoms with Crippen LogP contribution in [-0.4, -0.2) is 58.4 Å². The molecule has 0 fully saturated rings. The van der Waals surface area contributed by atoms with Crippen molar-refractivity contribution in [2.75, 3.05) is 33.6 Å². The lowest BCUT2D eigenvalue weighted by Crippen LogP contribution is -2.24. The number of hydrogen-bond donors (Lipinski definition) is 4. The largest absolute Gasteiger partial charge is 0.493 e. The van der Waals surface area contributed by atoms with Crippen LogP contribution in [0.5, 0.6) is 11.5 Å². The van der Waals surface area contributed by atoms with E-state index < -0.39 is 10.1 Å². The van der Waals surface area contributed by atoms with Crippen LogP contribution in [0.4, 0.5) is 0 Å². The van der Waals surface area contributed by atoms with E-state index in [-0.39, 0.29) is 11.9 Å². The van der Waals surface area contributed by atoms with Gasteiger partial charge in [-0.05, 0) is 36.6 Å². The molecule has 0 aliphatic heterocycles. The van der Waals surface area contributed by atoms with E-state index in [0.717, 1.165) is 18.4 Å². The Labute approximate surface area is 165 Å². The molecule has 0 aromatic heterocycles. The minimum Gasteiger partial charge on any atom is -0.493 e. The summed E-state index contributed by atoms with van der Waals surface area (Å²) >= 11 is 0.